The predicted molar refractivity (Wildman–Crippen MR) is 68.7 cm³/mol. The van der Waals surface area contributed by atoms with E-state index in [1.165, 1.54) is 12.1 Å². The number of hydrogen-bond donors (Lipinski definition) is 1. The molecular weight excluding hydrogens is 196 g/mol. The first-order valence-electron chi connectivity index (χ1n) is 6.36. The molecule has 0 amide bonds. The van der Waals surface area contributed by atoms with Crippen LogP contribution in [0, 0.1) is 0 Å². The van der Waals surface area contributed by atoms with Gasteiger partial charge in [0.1, 0.15) is 0 Å². The van der Waals surface area contributed by atoms with Crippen LogP contribution in [0.1, 0.15) is 30.9 Å². The maximum Gasteiger partial charge on any atom is 0.0208 e. The summed E-state index contributed by atoms with van der Waals surface area (Å²) >= 11 is 0. The highest BCUT2D eigenvalue weighted by Crippen LogP contribution is 2.24. The van der Waals surface area contributed by atoms with Crippen LogP contribution in [0.2, 0.25) is 0 Å². The fraction of sp³-hybridized carbons (Fsp3) is 0.571. The molecule has 0 aliphatic carbocycles. The van der Waals surface area contributed by atoms with Crippen molar-refractivity contribution in [1.29, 1.82) is 0 Å². The van der Waals surface area contributed by atoms with Crippen LogP contribution >= 0.6 is 0 Å². The first-order chi connectivity index (χ1) is 7.85. The van der Waals surface area contributed by atoms with Crippen molar-refractivity contribution < 1.29 is 0 Å². The smallest absolute Gasteiger partial charge is 0.0208 e. The van der Waals surface area contributed by atoms with Gasteiger partial charge in [0, 0.05) is 25.6 Å². The number of likely N-dealkylation sites (N-methyl/N-ethyl adjacent to an activating group) is 1. The molecule has 1 aromatic rings. The third-order valence-electron chi connectivity index (χ3n) is 3.57. The van der Waals surface area contributed by atoms with Crippen molar-refractivity contribution in [3.63, 3.8) is 0 Å². The Morgan fingerprint density at radius 2 is 2.00 bits per heavy atom. The van der Waals surface area contributed by atoms with E-state index in [1.807, 2.05) is 0 Å². The summed E-state index contributed by atoms with van der Waals surface area (Å²) in [7, 11) is 0. The Morgan fingerprint density at radius 1 is 1.25 bits per heavy atom. The van der Waals surface area contributed by atoms with Gasteiger partial charge in [-0.15, -0.1) is 0 Å². The van der Waals surface area contributed by atoms with Crippen LogP contribution < -0.4 is 5.32 Å². The maximum absolute atomic E-state index is 3.52. The Labute approximate surface area is 98.7 Å². The standard InChI is InChI=1S/C14H22N2/c1-3-16(4-2)11-13-10-15-9-12-7-5-6-8-14(12)13/h5-8,13,15H,3-4,9-11H2,1-2H3/t13-/m1/s1. The summed E-state index contributed by atoms with van der Waals surface area (Å²) in [5, 5.41) is 3.52. The highest BCUT2D eigenvalue weighted by Gasteiger charge is 2.20. The Balaban J connectivity index is 2.12. The highest BCUT2D eigenvalue weighted by molar-refractivity contribution is 5.32. The average Bonchev–Trinajstić information content (AvgIpc) is 2.36. The highest BCUT2D eigenvalue weighted by atomic mass is 15.1. The number of nitrogens with zero attached hydrogens (tertiary/aromatic N) is 1. The lowest BCUT2D eigenvalue weighted by atomic mass is 9.90. The normalized spacial score (nSPS) is 19.8. The quantitative estimate of drug-likeness (QED) is 0.833. The molecule has 0 bridgehead atoms. The molecule has 2 nitrogen and oxygen atoms in total. The molecule has 1 aliphatic heterocycles. The van der Waals surface area contributed by atoms with E-state index in [4.69, 9.17) is 0 Å². The van der Waals surface area contributed by atoms with Gasteiger partial charge >= 0.3 is 0 Å². The minimum atomic E-state index is 0.657. The van der Waals surface area contributed by atoms with Crippen LogP contribution in [-0.2, 0) is 6.54 Å². The third-order valence-corrected chi connectivity index (χ3v) is 3.57. The topological polar surface area (TPSA) is 15.3 Å². The molecule has 0 aromatic heterocycles. The van der Waals surface area contributed by atoms with Gasteiger partial charge in [-0.05, 0) is 24.2 Å². The second-order valence-corrected chi connectivity index (χ2v) is 4.51. The molecule has 1 aliphatic rings. The summed E-state index contributed by atoms with van der Waals surface area (Å²) in [5.41, 5.74) is 3.03. The molecule has 0 radical (unpaired) electrons. The summed E-state index contributed by atoms with van der Waals surface area (Å²) in [4.78, 5) is 2.51. The zero-order chi connectivity index (χ0) is 11.4. The first-order valence-corrected chi connectivity index (χ1v) is 6.36. The lowest BCUT2D eigenvalue weighted by Crippen LogP contribution is -2.36. The Hall–Kier alpha value is -0.860. The van der Waals surface area contributed by atoms with Gasteiger partial charge in [-0.3, -0.25) is 0 Å². The molecular formula is C14H22N2. The number of hydrogen-bond acceptors (Lipinski definition) is 2. The molecule has 0 spiro atoms. The molecule has 16 heavy (non-hydrogen) atoms. The Morgan fingerprint density at radius 3 is 2.75 bits per heavy atom. The Bertz CT molecular complexity index is 331. The maximum atomic E-state index is 3.52. The monoisotopic (exact) mass is 218 g/mol. The molecule has 0 fully saturated rings. The summed E-state index contributed by atoms with van der Waals surface area (Å²) in [6.45, 7) is 10.1. The third kappa shape index (κ3) is 2.45. The van der Waals surface area contributed by atoms with E-state index in [9.17, 15) is 0 Å². The summed E-state index contributed by atoms with van der Waals surface area (Å²) in [5.74, 6) is 0.657. The molecule has 0 saturated carbocycles. The average molecular weight is 218 g/mol. The van der Waals surface area contributed by atoms with Gasteiger partial charge in [-0.25, -0.2) is 0 Å². The van der Waals surface area contributed by atoms with Gasteiger partial charge in [0.05, 0.1) is 0 Å². The van der Waals surface area contributed by atoms with Crippen molar-refractivity contribution in [2.75, 3.05) is 26.2 Å². The van der Waals surface area contributed by atoms with Gasteiger partial charge in [0.15, 0.2) is 0 Å². The zero-order valence-electron chi connectivity index (χ0n) is 10.4. The number of nitrogens with one attached hydrogen (secondary N) is 1. The summed E-state index contributed by atoms with van der Waals surface area (Å²) in [6.07, 6.45) is 0. The van der Waals surface area contributed by atoms with Crippen molar-refractivity contribution in [2.45, 2.75) is 26.3 Å². The van der Waals surface area contributed by atoms with Crippen LogP contribution in [0.4, 0.5) is 0 Å². The minimum Gasteiger partial charge on any atom is -0.312 e. The van der Waals surface area contributed by atoms with Crippen molar-refractivity contribution in [3.05, 3.63) is 35.4 Å². The van der Waals surface area contributed by atoms with Crippen LogP contribution in [0.15, 0.2) is 24.3 Å². The molecule has 1 heterocycles. The molecule has 2 heteroatoms. The molecule has 1 N–H and O–H groups in total. The number of fused-ring (bicyclic) bond motifs is 1. The van der Waals surface area contributed by atoms with E-state index < -0.39 is 0 Å². The van der Waals surface area contributed by atoms with Crippen LogP contribution in [0.5, 0.6) is 0 Å². The fourth-order valence-electron chi connectivity index (χ4n) is 2.54. The van der Waals surface area contributed by atoms with E-state index in [0.29, 0.717) is 5.92 Å². The zero-order valence-corrected chi connectivity index (χ0v) is 10.4. The van der Waals surface area contributed by atoms with Gasteiger partial charge in [0.2, 0.25) is 0 Å². The molecule has 1 atom stereocenters. The van der Waals surface area contributed by atoms with Crippen molar-refractivity contribution in [1.82, 2.24) is 10.2 Å². The number of benzene rings is 1. The SMILES string of the molecule is CCN(CC)C[C@H]1CNCc2ccccc21. The number of rotatable bonds is 4. The first kappa shape index (κ1) is 11.6. The van der Waals surface area contributed by atoms with Crippen molar-refractivity contribution in [2.24, 2.45) is 0 Å². The largest absolute Gasteiger partial charge is 0.312 e. The van der Waals surface area contributed by atoms with E-state index in [1.54, 1.807) is 5.56 Å². The van der Waals surface area contributed by atoms with Gasteiger partial charge in [-0.2, -0.15) is 0 Å². The fourth-order valence-corrected chi connectivity index (χ4v) is 2.54. The molecule has 0 unspecified atom stereocenters. The van der Waals surface area contributed by atoms with Crippen LogP contribution in [0.25, 0.3) is 0 Å². The van der Waals surface area contributed by atoms with Crippen LogP contribution in [-0.4, -0.2) is 31.1 Å². The second kappa shape index (κ2) is 5.46. The summed E-state index contributed by atoms with van der Waals surface area (Å²) < 4.78 is 0. The van der Waals surface area contributed by atoms with Gasteiger partial charge in [0.25, 0.3) is 0 Å². The molecule has 0 saturated heterocycles. The van der Waals surface area contributed by atoms with Crippen molar-refractivity contribution in [3.8, 4) is 0 Å². The lowest BCUT2D eigenvalue weighted by molar-refractivity contribution is 0.275. The van der Waals surface area contributed by atoms with E-state index in [-0.39, 0.29) is 0 Å². The van der Waals surface area contributed by atoms with E-state index in [0.717, 1.165) is 26.2 Å². The summed E-state index contributed by atoms with van der Waals surface area (Å²) in [6, 6.07) is 8.85. The molecule has 2 rings (SSSR count). The van der Waals surface area contributed by atoms with Crippen LogP contribution in [0.3, 0.4) is 0 Å². The van der Waals surface area contributed by atoms with E-state index in [2.05, 4.69) is 48.3 Å². The van der Waals surface area contributed by atoms with Gasteiger partial charge in [-0.1, -0.05) is 38.1 Å². The van der Waals surface area contributed by atoms with E-state index >= 15 is 0 Å². The predicted octanol–water partition coefficient (Wildman–Crippen LogP) is 2.22. The molecule has 1 aromatic carbocycles. The van der Waals surface area contributed by atoms with Crippen molar-refractivity contribution >= 4 is 0 Å². The minimum absolute atomic E-state index is 0.657. The Kier molecular flexibility index (Phi) is 3.97. The molecule has 88 valence electrons. The lowest BCUT2D eigenvalue weighted by Gasteiger charge is -2.30. The second-order valence-electron chi connectivity index (χ2n) is 4.51. The van der Waals surface area contributed by atoms with Gasteiger partial charge < -0.3 is 10.2 Å².